The van der Waals surface area contributed by atoms with Crippen molar-refractivity contribution in [1.82, 2.24) is 4.98 Å². The molecule has 0 unspecified atom stereocenters. The summed E-state index contributed by atoms with van der Waals surface area (Å²) in [6.07, 6.45) is 3.61. The number of hydrogen-bond donors (Lipinski definition) is 2. The quantitative estimate of drug-likeness (QED) is 0.649. The lowest BCUT2D eigenvalue weighted by Gasteiger charge is -2.15. The molecule has 3 aromatic rings. The SMILES string of the molecule is Cc1cc(Br)cc(C)c1Nc1ccc(N)c2ccncc12. The zero-order valence-electron chi connectivity index (χ0n) is 11.9. The summed E-state index contributed by atoms with van der Waals surface area (Å²) in [4.78, 5) is 4.21. The van der Waals surface area contributed by atoms with Gasteiger partial charge in [0.25, 0.3) is 0 Å². The molecule has 3 N–H and O–H groups in total. The van der Waals surface area contributed by atoms with Gasteiger partial charge >= 0.3 is 0 Å². The Morgan fingerprint density at radius 2 is 1.76 bits per heavy atom. The summed E-state index contributed by atoms with van der Waals surface area (Å²) in [5.41, 5.74) is 11.3. The summed E-state index contributed by atoms with van der Waals surface area (Å²) < 4.78 is 1.09. The van der Waals surface area contributed by atoms with Crippen molar-refractivity contribution in [3.8, 4) is 0 Å². The van der Waals surface area contributed by atoms with E-state index in [0.717, 1.165) is 32.3 Å². The van der Waals surface area contributed by atoms with Crippen molar-refractivity contribution < 1.29 is 0 Å². The lowest BCUT2D eigenvalue weighted by Crippen LogP contribution is -1.98. The minimum Gasteiger partial charge on any atom is -0.398 e. The fourth-order valence-electron chi connectivity index (χ4n) is 2.56. The molecule has 0 aliphatic carbocycles. The van der Waals surface area contributed by atoms with Gasteiger partial charge in [0.1, 0.15) is 0 Å². The monoisotopic (exact) mass is 341 g/mol. The second-order valence-electron chi connectivity index (χ2n) is 5.16. The van der Waals surface area contributed by atoms with Crippen LogP contribution in [-0.2, 0) is 0 Å². The number of nitrogens with two attached hydrogens (primary N) is 1. The number of benzene rings is 2. The smallest absolute Gasteiger partial charge is 0.0481 e. The molecule has 0 fully saturated rings. The van der Waals surface area contributed by atoms with Crippen LogP contribution in [0.5, 0.6) is 0 Å². The predicted octanol–water partition coefficient (Wildman–Crippen LogP) is 4.94. The maximum Gasteiger partial charge on any atom is 0.0481 e. The average molecular weight is 342 g/mol. The molecule has 0 spiro atoms. The third-order valence-electron chi connectivity index (χ3n) is 3.61. The average Bonchev–Trinajstić information content (AvgIpc) is 2.45. The molecule has 3 nitrogen and oxygen atoms in total. The molecule has 0 saturated carbocycles. The van der Waals surface area contributed by atoms with Crippen LogP contribution in [0.3, 0.4) is 0 Å². The van der Waals surface area contributed by atoms with E-state index in [0.29, 0.717) is 0 Å². The summed E-state index contributed by atoms with van der Waals surface area (Å²) in [7, 11) is 0. The number of rotatable bonds is 2. The fourth-order valence-corrected chi connectivity index (χ4v) is 3.25. The Kier molecular flexibility index (Phi) is 3.55. The number of nitrogens with zero attached hydrogens (tertiary/aromatic N) is 1. The summed E-state index contributed by atoms with van der Waals surface area (Å²) in [5, 5.41) is 5.56. The van der Waals surface area contributed by atoms with Gasteiger partial charge in [0.2, 0.25) is 0 Å². The van der Waals surface area contributed by atoms with Gasteiger partial charge in [-0.25, -0.2) is 0 Å². The van der Waals surface area contributed by atoms with Gasteiger partial charge in [0.15, 0.2) is 0 Å². The number of fused-ring (bicyclic) bond motifs is 1. The molecule has 0 amide bonds. The van der Waals surface area contributed by atoms with Gasteiger partial charge in [-0.3, -0.25) is 4.98 Å². The highest BCUT2D eigenvalue weighted by atomic mass is 79.9. The molecule has 0 bridgehead atoms. The molecule has 0 saturated heterocycles. The van der Waals surface area contributed by atoms with E-state index in [2.05, 4.69) is 52.2 Å². The van der Waals surface area contributed by atoms with Crippen LogP contribution < -0.4 is 11.1 Å². The summed E-state index contributed by atoms with van der Waals surface area (Å²) in [6.45, 7) is 4.19. The number of nitrogens with one attached hydrogen (secondary N) is 1. The number of anilines is 3. The van der Waals surface area contributed by atoms with Crippen LogP contribution in [0.4, 0.5) is 17.1 Å². The standard InChI is InChI=1S/C17H16BrN3/c1-10-7-12(18)8-11(2)17(10)21-16-4-3-15(19)13-5-6-20-9-14(13)16/h3-9,21H,19H2,1-2H3. The minimum atomic E-state index is 0.766. The summed E-state index contributed by atoms with van der Waals surface area (Å²) >= 11 is 3.53. The Bertz CT molecular complexity index is 804. The topological polar surface area (TPSA) is 50.9 Å². The van der Waals surface area contributed by atoms with Crippen molar-refractivity contribution in [2.24, 2.45) is 0 Å². The van der Waals surface area contributed by atoms with Gasteiger partial charge in [-0.15, -0.1) is 0 Å². The molecule has 0 radical (unpaired) electrons. The molecule has 106 valence electrons. The van der Waals surface area contributed by atoms with Crippen LogP contribution in [0.2, 0.25) is 0 Å². The van der Waals surface area contributed by atoms with Gasteiger partial charge in [-0.2, -0.15) is 0 Å². The zero-order valence-corrected chi connectivity index (χ0v) is 13.5. The van der Waals surface area contributed by atoms with Crippen molar-refractivity contribution in [3.05, 3.63) is 58.3 Å². The number of halogens is 1. The van der Waals surface area contributed by atoms with E-state index >= 15 is 0 Å². The largest absolute Gasteiger partial charge is 0.398 e. The van der Waals surface area contributed by atoms with E-state index in [4.69, 9.17) is 5.73 Å². The Morgan fingerprint density at radius 3 is 2.48 bits per heavy atom. The highest BCUT2D eigenvalue weighted by molar-refractivity contribution is 9.10. The third-order valence-corrected chi connectivity index (χ3v) is 4.07. The van der Waals surface area contributed by atoms with Gasteiger partial charge < -0.3 is 11.1 Å². The van der Waals surface area contributed by atoms with E-state index in [1.165, 1.54) is 11.1 Å². The molecular formula is C17H16BrN3. The minimum absolute atomic E-state index is 0.766. The van der Waals surface area contributed by atoms with Gasteiger partial charge in [0, 0.05) is 44.7 Å². The zero-order chi connectivity index (χ0) is 15.0. The molecule has 2 aromatic carbocycles. The highest BCUT2D eigenvalue weighted by Crippen LogP contribution is 2.33. The Morgan fingerprint density at radius 1 is 1.05 bits per heavy atom. The first kappa shape index (κ1) is 13.9. The van der Waals surface area contributed by atoms with Gasteiger partial charge in [-0.1, -0.05) is 15.9 Å². The Balaban J connectivity index is 2.13. The number of hydrogen-bond acceptors (Lipinski definition) is 3. The molecule has 4 heteroatoms. The van der Waals surface area contributed by atoms with Crippen molar-refractivity contribution in [2.45, 2.75) is 13.8 Å². The molecule has 0 aliphatic heterocycles. The lowest BCUT2D eigenvalue weighted by molar-refractivity contribution is 1.34. The van der Waals surface area contributed by atoms with E-state index < -0.39 is 0 Å². The molecular weight excluding hydrogens is 326 g/mol. The molecule has 0 aliphatic rings. The van der Waals surface area contributed by atoms with Crippen LogP contribution in [-0.4, -0.2) is 4.98 Å². The molecule has 21 heavy (non-hydrogen) atoms. The van der Waals surface area contributed by atoms with Crippen molar-refractivity contribution in [3.63, 3.8) is 0 Å². The van der Waals surface area contributed by atoms with E-state index in [1.54, 1.807) is 6.20 Å². The first-order valence-electron chi connectivity index (χ1n) is 6.72. The maximum absolute atomic E-state index is 6.04. The van der Waals surface area contributed by atoms with Crippen LogP contribution in [0, 0.1) is 13.8 Å². The van der Waals surface area contributed by atoms with Gasteiger partial charge in [-0.05, 0) is 55.3 Å². The first-order valence-corrected chi connectivity index (χ1v) is 7.51. The van der Waals surface area contributed by atoms with Crippen molar-refractivity contribution >= 4 is 43.8 Å². The number of pyridine rings is 1. The number of aromatic nitrogens is 1. The lowest BCUT2D eigenvalue weighted by atomic mass is 10.1. The van der Waals surface area contributed by atoms with Crippen molar-refractivity contribution in [2.75, 3.05) is 11.1 Å². The van der Waals surface area contributed by atoms with Crippen molar-refractivity contribution in [1.29, 1.82) is 0 Å². The Hall–Kier alpha value is -2.07. The molecule has 1 heterocycles. The second-order valence-corrected chi connectivity index (χ2v) is 6.08. The van der Waals surface area contributed by atoms with Crippen LogP contribution in [0.15, 0.2) is 47.2 Å². The molecule has 3 rings (SSSR count). The van der Waals surface area contributed by atoms with E-state index in [-0.39, 0.29) is 0 Å². The van der Waals surface area contributed by atoms with Gasteiger partial charge in [0.05, 0.1) is 0 Å². The highest BCUT2D eigenvalue weighted by Gasteiger charge is 2.08. The Labute approximate surface area is 132 Å². The predicted molar refractivity (Wildman–Crippen MR) is 93.1 cm³/mol. The number of nitrogen functional groups attached to an aromatic ring is 1. The molecule has 0 atom stereocenters. The first-order chi connectivity index (χ1) is 10.1. The normalized spacial score (nSPS) is 10.8. The van der Waals surface area contributed by atoms with Crippen LogP contribution >= 0.6 is 15.9 Å². The summed E-state index contributed by atoms with van der Waals surface area (Å²) in [5.74, 6) is 0. The number of aryl methyl sites for hydroxylation is 2. The third kappa shape index (κ3) is 2.59. The summed E-state index contributed by atoms with van der Waals surface area (Å²) in [6, 6.07) is 10.1. The van der Waals surface area contributed by atoms with Crippen LogP contribution in [0.1, 0.15) is 11.1 Å². The molecule has 1 aromatic heterocycles. The second kappa shape index (κ2) is 5.37. The fraction of sp³-hybridized carbons (Fsp3) is 0.118. The van der Waals surface area contributed by atoms with Crippen LogP contribution in [0.25, 0.3) is 10.8 Å². The van der Waals surface area contributed by atoms with E-state index in [1.807, 2.05) is 24.4 Å². The van der Waals surface area contributed by atoms with E-state index in [9.17, 15) is 0 Å². The maximum atomic E-state index is 6.04.